The molecular formula is C16H31N3O. The Balaban J connectivity index is 2.58. The van der Waals surface area contributed by atoms with Crippen LogP contribution in [-0.4, -0.2) is 61.0 Å². The van der Waals surface area contributed by atoms with Gasteiger partial charge in [-0.1, -0.05) is 19.1 Å². The predicted octanol–water partition coefficient (Wildman–Crippen LogP) is 1.88. The van der Waals surface area contributed by atoms with E-state index in [1.165, 1.54) is 12.8 Å². The molecule has 0 aliphatic carbocycles. The molecule has 1 amide bonds. The second kappa shape index (κ2) is 9.14. The van der Waals surface area contributed by atoms with Crippen molar-refractivity contribution in [1.82, 2.24) is 15.1 Å². The molecule has 4 nitrogen and oxygen atoms in total. The number of likely N-dealkylation sites (N-methyl/N-ethyl adjacent to an activating group) is 1. The molecule has 20 heavy (non-hydrogen) atoms. The van der Waals surface area contributed by atoms with Gasteiger partial charge in [-0.05, 0) is 46.2 Å². The van der Waals surface area contributed by atoms with Crippen LogP contribution in [0.15, 0.2) is 12.2 Å². The summed E-state index contributed by atoms with van der Waals surface area (Å²) < 4.78 is 0. The molecule has 0 bridgehead atoms. The van der Waals surface area contributed by atoms with E-state index in [0.29, 0.717) is 19.1 Å². The van der Waals surface area contributed by atoms with Crippen LogP contribution in [0.2, 0.25) is 0 Å². The van der Waals surface area contributed by atoms with Crippen molar-refractivity contribution in [3.8, 4) is 0 Å². The fourth-order valence-corrected chi connectivity index (χ4v) is 2.80. The van der Waals surface area contributed by atoms with Gasteiger partial charge in [0.05, 0.1) is 6.54 Å². The first-order chi connectivity index (χ1) is 9.58. The summed E-state index contributed by atoms with van der Waals surface area (Å²) in [6.45, 7) is 15.2. The second-order valence-electron chi connectivity index (χ2n) is 5.84. The largest absolute Gasteiger partial charge is 0.338 e. The molecule has 116 valence electrons. The van der Waals surface area contributed by atoms with Crippen LogP contribution in [0.5, 0.6) is 0 Å². The van der Waals surface area contributed by atoms with Gasteiger partial charge in [0.15, 0.2) is 0 Å². The summed E-state index contributed by atoms with van der Waals surface area (Å²) in [5.41, 5.74) is 1.04. The number of carbonyl (C=O) groups excluding carboxylic acids is 1. The molecular weight excluding hydrogens is 250 g/mol. The van der Waals surface area contributed by atoms with Gasteiger partial charge in [0.2, 0.25) is 5.91 Å². The van der Waals surface area contributed by atoms with Crippen molar-refractivity contribution in [1.29, 1.82) is 0 Å². The Bertz CT molecular complexity index is 311. The lowest BCUT2D eigenvalue weighted by molar-refractivity contribution is -0.132. The number of hydrogen-bond acceptors (Lipinski definition) is 3. The van der Waals surface area contributed by atoms with E-state index in [-0.39, 0.29) is 5.91 Å². The van der Waals surface area contributed by atoms with Crippen LogP contribution in [0.25, 0.3) is 0 Å². The van der Waals surface area contributed by atoms with Gasteiger partial charge in [0.25, 0.3) is 0 Å². The van der Waals surface area contributed by atoms with E-state index in [2.05, 4.69) is 23.7 Å². The normalized spacial score (nSPS) is 19.1. The molecule has 0 aromatic heterocycles. The lowest BCUT2D eigenvalue weighted by atomic mass is 10.1. The standard InChI is InChI=1S/C16H31N3O/c1-5-10-19(15-8-7-9-17-11-15)13-16(20)18(6-2)12-14(3)4/h15,17H,3,5-13H2,1-2,4H3. The number of nitrogens with one attached hydrogen (secondary N) is 1. The zero-order chi connectivity index (χ0) is 15.0. The zero-order valence-electron chi connectivity index (χ0n) is 13.5. The highest BCUT2D eigenvalue weighted by Crippen LogP contribution is 2.11. The summed E-state index contributed by atoms with van der Waals surface area (Å²) >= 11 is 0. The first-order valence-corrected chi connectivity index (χ1v) is 7.95. The lowest BCUT2D eigenvalue weighted by Crippen LogP contribution is -2.50. The Labute approximate surface area is 124 Å². The predicted molar refractivity (Wildman–Crippen MR) is 84.8 cm³/mol. The third-order valence-corrected chi connectivity index (χ3v) is 3.83. The minimum absolute atomic E-state index is 0.231. The van der Waals surface area contributed by atoms with Crippen LogP contribution in [0.4, 0.5) is 0 Å². The lowest BCUT2D eigenvalue weighted by Gasteiger charge is -2.35. The molecule has 0 aromatic rings. The first kappa shape index (κ1) is 17.2. The maximum absolute atomic E-state index is 12.5. The number of carbonyl (C=O) groups is 1. The molecule has 0 spiro atoms. The van der Waals surface area contributed by atoms with Crippen molar-refractivity contribution < 1.29 is 4.79 Å². The van der Waals surface area contributed by atoms with Gasteiger partial charge >= 0.3 is 0 Å². The molecule has 1 heterocycles. The van der Waals surface area contributed by atoms with E-state index in [1.807, 2.05) is 18.7 Å². The molecule has 1 atom stereocenters. The van der Waals surface area contributed by atoms with E-state index in [1.54, 1.807) is 0 Å². The topological polar surface area (TPSA) is 35.6 Å². The highest BCUT2D eigenvalue weighted by Gasteiger charge is 2.24. The van der Waals surface area contributed by atoms with Crippen molar-refractivity contribution in [3.05, 3.63) is 12.2 Å². The molecule has 1 aliphatic rings. The van der Waals surface area contributed by atoms with Crippen LogP contribution >= 0.6 is 0 Å². The fourth-order valence-electron chi connectivity index (χ4n) is 2.80. The molecule has 0 radical (unpaired) electrons. The van der Waals surface area contributed by atoms with Crippen LogP contribution in [-0.2, 0) is 4.79 Å². The number of nitrogens with zero attached hydrogens (tertiary/aromatic N) is 2. The molecule has 1 N–H and O–H groups in total. The minimum atomic E-state index is 0.231. The van der Waals surface area contributed by atoms with Crippen molar-refractivity contribution in [3.63, 3.8) is 0 Å². The van der Waals surface area contributed by atoms with E-state index >= 15 is 0 Å². The molecule has 1 unspecified atom stereocenters. The number of piperidine rings is 1. The minimum Gasteiger partial charge on any atom is -0.338 e. The van der Waals surface area contributed by atoms with Crippen LogP contribution < -0.4 is 5.32 Å². The van der Waals surface area contributed by atoms with E-state index < -0.39 is 0 Å². The smallest absolute Gasteiger partial charge is 0.237 e. The SMILES string of the molecule is C=C(C)CN(CC)C(=O)CN(CCC)C1CCCNC1. The van der Waals surface area contributed by atoms with Crippen LogP contribution in [0.1, 0.15) is 40.0 Å². The van der Waals surface area contributed by atoms with E-state index in [9.17, 15) is 4.79 Å². The van der Waals surface area contributed by atoms with Gasteiger partial charge in [-0.2, -0.15) is 0 Å². The molecule has 1 aliphatic heterocycles. The van der Waals surface area contributed by atoms with Crippen molar-refractivity contribution in [2.45, 2.75) is 46.1 Å². The first-order valence-electron chi connectivity index (χ1n) is 7.95. The molecule has 0 aromatic carbocycles. The third-order valence-electron chi connectivity index (χ3n) is 3.83. The second-order valence-corrected chi connectivity index (χ2v) is 5.84. The van der Waals surface area contributed by atoms with Crippen molar-refractivity contribution in [2.75, 3.05) is 39.3 Å². The van der Waals surface area contributed by atoms with Gasteiger partial charge in [0, 0.05) is 25.7 Å². The molecule has 1 rings (SSSR count). The molecule has 0 saturated carbocycles. The van der Waals surface area contributed by atoms with Gasteiger partial charge < -0.3 is 10.2 Å². The van der Waals surface area contributed by atoms with Gasteiger partial charge in [-0.15, -0.1) is 0 Å². The Morgan fingerprint density at radius 3 is 2.60 bits per heavy atom. The number of amides is 1. The van der Waals surface area contributed by atoms with E-state index in [4.69, 9.17) is 0 Å². The summed E-state index contributed by atoms with van der Waals surface area (Å²) in [6, 6.07) is 0.510. The van der Waals surface area contributed by atoms with Gasteiger partial charge in [-0.25, -0.2) is 0 Å². The number of rotatable bonds is 8. The Morgan fingerprint density at radius 1 is 1.35 bits per heavy atom. The molecule has 1 fully saturated rings. The summed E-state index contributed by atoms with van der Waals surface area (Å²) in [7, 11) is 0. The van der Waals surface area contributed by atoms with E-state index in [0.717, 1.165) is 38.2 Å². The quantitative estimate of drug-likeness (QED) is 0.690. The summed E-state index contributed by atoms with van der Waals surface area (Å²) in [5, 5.41) is 3.44. The average molecular weight is 281 g/mol. The van der Waals surface area contributed by atoms with Crippen molar-refractivity contribution in [2.24, 2.45) is 0 Å². The molecule has 1 saturated heterocycles. The Hall–Kier alpha value is -0.870. The summed E-state index contributed by atoms with van der Waals surface area (Å²) in [5.74, 6) is 0.231. The monoisotopic (exact) mass is 281 g/mol. The molecule has 4 heteroatoms. The maximum Gasteiger partial charge on any atom is 0.237 e. The average Bonchev–Trinajstić information content (AvgIpc) is 2.44. The Morgan fingerprint density at radius 2 is 2.10 bits per heavy atom. The van der Waals surface area contributed by atoms with Gasteiger partial charge in [0.1, 0.15) is 0 Å². The fraction of sp³-hybridized carbons (Fsp3) is 0.812. The number of hydrogen-bond donors (Lipinski definition) is 1. The summed E-state index contributed by atoms with van der Waals surface area (Å²) in [6.07, 6.45) is 3.51. The van der Waals surface area contributed by atoms with Crippen LogP contribution in [0.3, 0.4) is 0 Å². The maximum atomic E-state index is 12.5. The highest BCUT2D eigenvalue weighted by atomic mass is 16.2. The van der Waals surface area contributed by atoms with Crippen molar-refractivity contribution >= 4 is 5.91 Å². The third kappa shape index (κ3) is 5.63. The summed E-state index contributed by atoms with van der Waals surface area (Å²) in [4.78, 5) is 16.7. The van der Waals surface area contributed by atoms with Gasteiger partial charge in [-0.3, -0.25) is 9.69 Å². The highest BCUT2D eigenvalue weighted by molar-refractivity contribution is 5.78. The Kier molecular flexibility index (Phi) is 7.85. The van der Waals surface area contributed by atoms with Crippen LogP contribution in [0, 0.1) is 0 Å². The zero-order valence-corrected chi connectivity index (χ0v) is 13.5.